The average molecular weight is 209 g/mol. The Kier molecular flexibility index (Phi) is 1.99. The molecule has 15 heavy (non-hydrogen) atoms. The molecular formula is C9H11N3O3. The highest BCUT2D eigenvalue weighted by Gasteiger charge is 2.39. The Morgan fingerprint density at radius 1 is 1.60 bits per heavy atom. The number of carboxylic acid groups (broad SMARTS) is 1. The van der Waals surface area contributed by atoms with Crippen LogP contribution in [0.2, 0.25) is 0 Å². The van der Waals surface area contributed by atoms with Gasteiger partial charge in [-0.2, -0.15) is 5.10 Å². The van der Waals surface area contributed by atoms with Gasteiger partial charge in [0.2, 0.25) is 5.91 Å². The zero-order valence-corrected chi connectivity index (χ0v) is 8.47. The fraction of sp³-hybridized carbons (Fsp3) is 0.444. The lowest BCUT2D eigenvalue weighted by Crippen LogP contribution is -2.32. The van der Waals surface area contributed by atoms with Crippen molar-refractivity contribution in [3.05, 3.63) is 17.5 Å². The molecule has 6 heteroatoms. The molecular weight excluding hydrogens is 198 g/mol. The van der Waals surface area contributed by atoms with E-state index < -0.39 is 12.0 Å². The smallest absolute Gasteiger partial charge is 0.331 e. The molecule has 0 saturated heterocycles. The Balaban J connectivity index is 2.46. The van der Waals surface area contributed by atoms with Gasteiger partial charge in [-0.3, -0.25) is 9.48 Å². The van der Waals surface area contributed by atoms with E-state index in [1.165, 1.54) is 18.0 Å². The van der Waals surface area contributed by atoms with Crippen LogP contribution in [-0.2, 0) is 23.2 Å². The summed E-state index contributed by atoms with van der Waals surface area (Å²) in [4.78, 5) is 23.7. The van der Waals surface area contributed by atoms with Gasteiger partial charge in [0.15, 0.2) is 6.04 Å². The third kappa shape index (κ3) is 1.29. The number of carbonyl (C=O) groups excluding carboxylic acids is 1. The zero-order chi connectivity index (χ0) is 11.2. The first-order valence-electron chi connectivity index (χ1n) is 4.53. The second-order valence-corrected chi connectivity index (χ2v) is 3.56. The molecule has 1 aliphatic heterocycles. The second kappa shape index (κ2) is 3.08. The van der Waals surface area contributed by atoms with Gasteiger partial charge in [-0.25, -0.2) is 4.79 Å². The molecule has 0 fully saturated rings. The molecule has 0 aliphatic carbocycles. The van der Waals surface area contributed by atoms with Crippen LogP contribution in [0, 0.1) is 0 Å². The highest BCUT2D eigenvalue weighted by atomic mass is 16.4. The Morgan fingerprint density at radius 2 is 2.27 bits per heavy atom. The fourth-order valence-corrected chi connectivity index (χ4v) is 1.88. The molecule has 6 nitrogen and oxygen atoms in total. The Bertz CT molecular complexity index is 438. The van der Waals surface area contributed by atoms with Crippen molar-refractivity contribution in [2.24, 2.45) is 7.05 Å². The number of hydrogen-bond donors (Lipinski definition) is 1. The van der Waals surface area contributed by atoms with Gasteiger partial charge >= 0.3 is 5.97 Å². The van der Waals surface area contributed by atoms with Crippen LogP contribution < -0.4 is 0 Å². The summed E-state index contributed by atoms with van der Waals surface area (Å²) in [6, 6.07) is -0.883. The lowest BCUT2D eigenvalue weighted by atomic mass is 10.1. The van der Waals surface area contributed by atoms with Crippen LogP contribution in [0.5, 0.6) is 0 Å². The number of hydrogen-bond acceptors (Lipinski definition) is 3. The van der Waals surface area contributed by atoms with Crippen molar-refractivity contribution in [3.63, 3.8) is 0 Å². The number of aromatic nitrogens is 2. The SMILES string of the molecule is CC(=O)N1Cc2c(cnn2C)C1C(=O)O. The van der Waals surface area contributed by atoms with Crippen LogP contribution in [0.25, 0.3) is 0 Å². The monoisotopic (exact) mass is 209 g/mol. The number of amides is 1. The highest BCUT2D eigenvalue weighted by molar-refractivity contribution is 5.85. The number of nitrogens with zero attached hydrogens (tertiary/aromatic N) is 3. The molecule has 1 aromatic heterocycles. The molecule has 2 heterocycles. The highest BCUT2D eigenvalue weighted by Crippen LogP contribution is 2.33. The van der Waals surface area contributed by atoms with Crippen molar-refractivity contribution in [1.29, 1.82) is 0 Å². The maximum atomic E-state index is 11.3. The topological polar surface area (TPSA) is 75.4 Å². The molecule has 2 rings (SSSR count). The van der Waals surface area contributed by atoms with E-state index in [0.29, 0.717) is 12.1 Å². The molecule has 0 bridgehead atoms. The van der Waals surface area contributed by atoms with Gasteiger partial charge in [0.05, 0.1) is 18.4 Å². The zero-order valence-electron chi connectivity index (χ0n) is 8.47. The van der Waals surface area contributed by atoms with Crippen molar-refractivity contribution in [3.8, 4) is 0 Å². The molecule has 0 saturated carbocycles. The van der Waals surface area contributed by atoms with Gasteiger partial charge in [-0.1, -0.05) is 0 Å². The predicted molar refractivity (Wildman–Crippen MR) is 49.8 cm³/mol. The molecule has 0 spiro atoms. The Morgan fingerprint density at radius 3 is 2.80 bits per heavy atom. The summed E-state index contributed by atoms with van der Waals surface area (Å²) in [6.45, 7) is 1.69. The van der Waals surface area contributed by atoms with E-state index in [4.69, 9.17) is 5.11 Å². The van der Waals surface area contributed by atoms with Crippen LogP contribution in [0.3, 0.4) is 0 Å². The standard InChI is InChI=1S/C9H11N3O3/c1-5(13)12-4-7-6(3-10-11(7)2)8(12)9(14)15/h3,8H,4H2,1-2H3,(H,14,15). The lowest BCUT2D eigenvalue weighted by molar-refractivity contribution is -0.149. The van der Waals surface area contributed by atoms with E-state index in [0.717, 1.165) is 5.69 Å². The number of aliphatic carboxylic acids is 1. The molecule has 1 aliphatic rings. The number of carbonyl (C=O) groups is 2. The second-order valence-electron chi connectivity index (χ2n) is 3.56. The van der Waals surface area contributed by atoms with Crippen LogP contribution in [0.1, 0.15) is 24.2 Å². The number of fused-ring (bicyclic) bond motifs is 1. The molecule has 0 radical (unpaired) electrons. The molecule has 1 amide bonds. The van der Waals surface area contributed by atoms with Crippen LogP contribution in [0.15, 0.2) is 6.20 Å². The van der Waals surface area contributed by atoms with Gasteiger partial charge in [-0.05, 0) is 0 Å². The Labute approximate surface area is 86.1 Å². The van der Waals surface area contributed by atoms with E-state index in [-0.39, 0.29) is 5.91 Å². The van der Waals surface area contributed by atoms with Gasteiger partial charge in [0, 0.05) is 19.5 Å². The van der Waals surface area contributed by atoms with Crippen molar-refractivity contribution in [2.75, 3.05) is 0 Å². The van der Waals surface area contributed by atoms with Crippen molar-refractivity contribution < 1.29 is 14.7 Å². The van der Waals surface area contributed by atoms with Gasteiger partial charge in [0.1, 0.15) is 0 Å². The van der Waals surface area contributed by atoms with Crippen LogP contribution in [0.4, 0.5) is 0 Å². The van der Waals surface area contributed by atoms with Gasteiger partial charge in [-0.15, -0.1) is 0 Å². The molecule has 1 N–H and O–H groups in total. The van der Waals surface area contributed by atoms with E-state index in [1.54, 1.807) is 11.7 Å². The summed E-state index contributed by atoms with van der Waals surface area (Å²) in [5, 5.41) is 13.0. The average Bonchev–Trinajstić information content (AvgIpc) is 2.65. The maximum absolute atomic E-state index is 11.3. The summed E-state index contributed by atoms with van der Waals surface area (Å²) in [6.07, 6.45) is 1.51. The molecule has 0 aromatic carbocycles. The van der Waals surface area contributed by atoms with Crippen LogP contribution >= 0.6 is 0 Å². The van der Waals surface area contributed by atoms with E-state index in [9.17, 15) is 9.59 Å². The normalized spacial score (nSPS) is 19.1. The lowest BCUT2D eigenvalue weighted by Gasteiger charge is -2.19. The van der Waals surface area contributed by atoms with Crippen molar-refractivity contribution in [2.45, 2.75) is 19.5 Å². The van der Waals surface area contributed by atoms with Gasteiger partial charge in [0.25, 0.3) is 0 Å². The minimum absolute atomic E-state index is 0.237. The number of carboxylic acids is 1. The summed E-state index contributed by atoms with van der Waals surface area (Å²) < 4.78 is 1.61. The summed E-state index contributed by atoms with van der Waals surface area (Å²) in [7, 11) is 1.74. The third-order valence-electron chi connectivity index (χ3n) is 2.66. The fourth-order valence-electron chi connectivity index (χ4n) is 1.88. The molecule has 1 atom stereocenters. The molecule has 1 unspecified atom stereocenters. The first-order chi connectivity index (χ1) is 7.02. The van der Waals surface area contributed by atoms with Crippen LogP contribution in [-0.4, -0.2) is 31.7 Å². The predicted octanol–water partition coefficient (Wildman–Crippen LogP) is -0.0921. The largest absolute Gasteiger partial charge is 0.479 e. The summed E-state index contributed by atoms with van der Waals surface area (Å²) in [5.74, 6) is -1.25. The molecule has 1 aromatic rings. The van der Waals surface area contributed by atoms with E-state index >= 15 is 0 Å². The minimum atomic E-state index is -1.02. The first kappa shape index (κ1) is 9.70. The van der Waals surface area contributed by atoms with Crippen molar-refractivity contribution in [1.82, 2.24) is 14.7 Å². The number of rotatable bonds is 1. The summed E-state index contributed by atoms with van der Waals surface area (Å²) >= 11 is 0. The van der Waals surface area contributed by atoms with E-state index in [2.05, 4.69) is 5.10 Å². The first-order valence-corrected chi connectivity index (χ1v) is 4.53. The van der Waals surface area contributed by atoms with E-state index in [1.807, 2.05) is 0 Å². The molecule has 80 valence electrons. The minimum Gasteiger partial charge on any atom is -0.479 e. The quantitative estimate of drug-likeness (QED) is 0.701. The number of aryl methyl sites for hydroxylation is 1. The Hall–Kier alpha value is -1.85. The van der Waals surface area contributed by atoms with Gasteiger partial charge < -0.3 is 10.0 Å². The van der Waals surface area contributed by atoms with Crippen molar-refractivity contribution >= 4 is 11.9 Å². The summed E-state index contributed by atoms with van der Waals surface area (Å²) in [5.41, 5.74) is 1.40. The third-order valence-corrected chi connectivity index (χ3v) is 2.66. The maximum Gasteiger partial charge on any atom is 0.331 e.